The molecule has 0 aliphatic carbocycles. The molecule has 1 unspecified atom stereocenters. The summed E-state index contributed by atoms with van der Waals surface area (Å²) < 4.78 is 27.3. The maximum atomic E-state index is 11.0. The van der Waals surface area contributed by atoms with Crippen LogP contribution in [0.4, 0.5) is 0 Å². The second kappa shape index (κ2) is 5.15. The number of benzene rings is 1. The van der Waals surface area contributed by atoms with Gasteiger partial charge >= 0.3 is 0 Å². The predicted molar refractivity (Wildman–Crippen MR) is 61.7 cm³/mol. The summed E-state index contributed by atoms with van der Waals surface area (Å²) in [6.07, 6.45) is -0.290. The number of carbonyl (C=O) groups excluding carboxylic acids is 1. The highest BCUT2D eigenvalue weighted by molar-refractivity contribution is 7.89. The lowest BCUT2D eigenvalue weighted by molar-refractivity contribution is -0.124. The summed E-state index contributed by atoms with van der Waals surface area (Å²) in [7, 11) is -3.72. The number of nitrogens with two attached hydrogens (primary N) is 2. The fourth-order valence-electron chi connectivity index (χ4n) is 1.21. The topological polar surface area (TPSA) is 112 Å². The third-order valence-corrected chi connectivity index (χ3v) is 3.05. The van der Waals surface area contributed by atoms with Crippen LogP contribution in [0.3, 0.4) is 0 Å². The number of primary amides is 1. The van der Waals surface area contributed by atoms with E-state index in [1.807, 2.05) is 0 Å². The van der Waals surface area contributed by atoms with Gasteiger partial charge in [0.2, 0.25) is 10.0 Å². The van der Waals surface area contributed by atoms with Crippen LogP contribution in [0.2, 0.25) is 0 Å². The Balaban J connectivity index is 2.85. The maximum absolute atomic E-state index is 11.0. The van der Waals surface area contributed by atoms with Gasteiger partial charge in [-0.1, -0.05) is 6.92 Å². The Bertz CT molecular complexity index is 496. The number of ether oxygens (including phenoxy) is 1. The first-order valence-corrected chi connectivity index (χ1v) is 6.48. The predicted octanol–water partition coefficient (Wildman–Crippen LogP) is -0.0233. The molecule has 1 aromatic rings. The van der Waals surface area contributed by atoms with Crippen molar-refractivity contribution in [2.45, 2.75) is 24.3 Å². The molecule has 0 fully saturated rings. The van der Waals surface area contributed by atoms with Gasteiger partial charge in [-0.2, -0.15) is 0 Å². The van der Waals surface area contributed by atoms with Crippen molar-refractivity contribution in [2.75, 3.05) is 0 Å². The van der Waals surface area contributed by atoms with Crippen LogP contribution in [-0.2, 0) is 14.8 Å². The standard InChI is InChI=1S/C10H14N2O4S/c1-2-9(10(11)13)16-7-3-5-8(6-4-7)17(12,14)15/h3-6,9H,2H2,1H3,(H2,11,13)(H2,12,14,15). The normalized spacial score (nSPS) is 13.1. The van der Waals surface area contributed by atoms with Gasteiger partial charge in [0.1, 0.15) is 5.75 Å². The smallest absolute Gasteiger partial charge is 0.258 e. The van der Waals surface area contributed by atoms with Gasteiger partial charge in [0, 0.05) is 0 Å². The molecule has 6 nitrogen and oxygen atoms in total. The largest absolute Gasteiger partial charge is 0.481 e. The summed E-state index contributed by atoms with van der Waals surface area (Å²) >= 11 is 0. The van der Waals surface area contributed by atoms with E-state index in [1.165, 1.54) is 24.3 Å². The highest BCUT2D eigenvalue weighted by Gasteiger charge is 2.15. The third kappa shape index (κ3) is 3.72. The summed E-state index contributed by atoms with van der Waals surface area (Å²) in [5, 5.41) is 4.94. The zero-order valence-electron chi connectivity index (χ0n) is 9.29. The van der Waals surface area contributed by atoms with Crippen LogP contribution < -0.4 is 15.6 Å². The second-order valence-electron chi connectivity index (χ2n) is 3.43. The lowest BCUT2D eigenvalue weighted by atomic mass is 10.2. The molecule has 4 N–H and O–H groups in total. The van der Waals surface area contributed by atoms with Gasteiger partial charge in [-0.15, -0.1) is 0 Å². The van der Waals surface area contributed by atoms with E-state index in [-0.39, 0.29) is 4.90 Å². The number of carbonyl (C=O) groups is 1. The average Bonchev–Trinajstić information content (AvgIpc) is 2.25. The van der Waals surface area contributed by atoms with E-state index < -0.39 is 22.0 Å². The van der Waals surface area contributed by atoms with Crippen molar-refractivity contribution in [1.82, 2.24) is 0 Å². The number of sulfonamides is 1. The van der Waals surface area contributed by atoms with Gasteiger partial charge < -0.3 is 10.5 Å². The van der Waals surface area contributed by atoms with Crippen molar-refractivity contribution in [3.05, 3.63) is 24.3 Å². The number of amides is 1. The summed E-state index contributed by atoms with van der Waals surface area (Å²) in [6.45, 7) is 1.76. The molecular formula is C10H14N2O4S. The molecule has 17 heavy (non-hydrogen) atoms. The van der Waals surface area contributed by atoms with Gasteiger partial charge in [0.05, 0.1) is 4.90 Å². The van der Waals surface area contributed by atoms with E-state index in [4.69, 9.17) is 15.6 Å². The first-order valence-electron chi connectivity index (χ1n) is 4.93. The van der Waals surface area contributed by atoms with Crippen molar-refractivity contribution in [2.24, 2.45) is 10.9 Å². The molecule has 1 rings (SSSR count). The van der Waals surface area contributed by atoms with Crippen molar-refractivity contribution >= 4 is 15.9 Å². The first kappa shape index (κ1) is 13.5. The number of primary sulfonamides is 1. The van der Waals surface area contributed by atoms with E-state index >= 15 is 0 Å². The van der Waals surface area contributed by atoms with Gasteiger partial charge in [-0.25, -0.2) is 13.6 Å². The molecule has 0 saturated carbocycles. The minimum absolute atomic E-state index is 0.0167. The third-order valence-electron chi connectivity index (χ3n) is 2.12. The molecule has 0 radical (unpaired) electrons. The summed E-state index contributed by atoms with van der Waals surface area (Å²) in [5.41, 5.74) is 5.11. The Morgan fingerprint density at radius 1 is 1.35 bits per heavy atom. The summed E-state index contributed by atoms with van der Waals surface area (Å²) in [6, 6.07) is 5.45. The number of hydrogen-bond donors (Lipinski definition) is 2. The van der Waals surface area contributed by atoms with Crippen molar-refractivity contribution in [3.8, 4) is 5.75 Å². The molecule has 0 aliphatic heterocycles. The highest BCUT2D eigenvalue weighted by atomic mass is 32.2. The summed E-state index contributed by atoms with van der Waals surface area (Å²) in [4.78, 5) is 10.9. The second-order valence-corrected chi connectivity index (χ2v) is 4.99. The van der Waals surface area contributed by atoms with E-state index in [0.29, 0.717) is 12.2 Å². The molecule has 1 aromatic carbocycles. The maximum Gasteiger partial charge on any atom is 0.258 e. The van der Waals surface area contributed by atoms with E-state index in [1.54, 1.807) is 6.92 Å². The zero-order chi connectivity index (χ0) is 13.1. The van der Waals surface area contributed by atoms with Crippen LogP contribution in [0.25, 0.3) is 0 Å². The monoisotopic (exact) mass is 258 g/mol. The molecule has 0 heterocycles. The van der Waals surface area contributed by atoms with E-state index in [9.17, 15) is 13.2 Å². The van der Waals surface area contributed by atoms with E-state index in [0.717, 1.165) is 0 Å². The summed E-state index contributed by atoms with van der Waals surface area (Å²) in [5.74, 6) is -0.203. The molecule has 1 amide bonds. The number of hydrogen-bond acceptors (Lipinski definition) is 4. The Labute approximate surface area is 99.6 Å². The molecular weight excluding hydrogens is 244 g/mol. The molecule has 0 aliphatic rings. The molecule has 0 bridgehead atoms. The Hall–Kier alpha value is -1.60. The molecule has 0 saturated heterocycles. The van der Waals surface area contributed by atoms with Crippen LogP contribution in [0, 0.1) is 0 Å². The highest BCUT2D eigenvalue weighted by Crippen LogP contribution is 2.16. The van der Waals surface area contributed by atoms with Crippen LogP contribution >= 0.6 is 0 Å². The van der Waals surface area contributed by atoms with Crippen molar-refractivity contribution in [1.29, 1.82) is 0 Å². The minimum atomic E-state index is -3.72. The molecule has 94 valence electrons. The fourth-order valence-corrected chi connectivity index (χ4v) is 1.73. The van der Waals surface area contributed by atoms with Gasteiger partial charge in [-0.3, -0.25) is 4.79 Å². The molecule has 0 spiro atoms. The van der Waals surface area contributed by atoms with Crippen LogP contribution in [-0.4, -0.2) is 20.4 Å². The van der Waals surface area contributed by atoms with Gasteiger partial charge in [-0.05, 0) is 30.7 Å². The van der Waals surface area contributed by atoms with Crippen molar-refractivity contribution in [3.63, 3.8) is 0 Å². The molecule has 7 heteroatoms. The molecule has 1 atom stereocenters. The zero-order valence-corrected chi connectivity index (χ0v) is 10.1. The average molecular weight is 258 g/mol. The Morgan fingerprint density at radius 3 is 2.24 bits per heavy atom. The molecule has 0 aromatic heterocycles. The fraction of sp³-hybridized carbons (Fsp3) is 0.300. The van der Waals surface area contributed by atoms with E-state index in [2.05, 4.69) is 0 Å². The Morgan fingerprint density at radius 2 is 1.88 bits per heavy atom. The van der Waals surface area contributed by atoms with Crippen LogP contribution in [0.5, 0.6) is 5.75 Å². The minimum Gasteiger partial charge on any atom is -0.481 e. The van der Waals surface area contributed by atoms with Gasteiger partial charge in [0.25, 0.3) is 5.91 Å². The SMILES string of the molecule is CCC(Oc1ccc(S(N)(=O)=O)cc1)C(N)=O. The quantitative estimate of drug-likeness (QED) is 0.772. The van der Waals surface area contributed by atoms with Crippen LogP contribution in [0.1, 0.15) is 13.3 Å². The van der Waals surface area contributed by atoms with Crippen LogP contribution in [0.15, 0.2) is 29.2 Å². The van der Waals surface area contributed by atoms with Gasteiger partial charge in [0.15, 0.2) is 6.10 Å². The Kier molecular flexibility index (Phi) is 4.08. The number of rotatable bonds is 5. The lowest BCUT2D eigenvalue weighted by Crippen LogP contribution is -2.32. The first-order chi connectivity index (χ1) is 7.84. The lowest BCUT2D eigenvalue weighted by Gasteiger charge is -2.13. The van der Waals surface area contributed by atoms with Crippen molar-refractivity contribution < 1.29 is 17.9 Å².